The van der Waals surface area contributed by atoms with Crippen molar-refractivity contribution in [3.63, 3.8) is 0 Å². The van der Waals surface area contributed by atoms with Crippen molar-refractivity contribution in [2.24, 2.45) is 11.3 Å². The molecule has 0 bridgehead atoms. The SMILES string of the molecule is CC(C)COCC(=O)C(CCCC(=O)O)(C(=O)O)C(=O)c1cncc(Br)c1. The van der Waals surface area contributed by atoms with Gasteiger partial charge in [-0.3, -0.25) is 24.2 Å². The lowest BCUT2D eigenvalue weighted by molar-refractivity contribution is -0.154. The Kier molecular flexibility index (Phi) is 8.71. The fraction of sp³-hybridized carbons (Fsp3) is 0.500. The quantitative estimate of drug-likeness (QED) is 0.372. The fourth-order valence-electron chi connectivity index (χ4n) is 2.50. The van der Waals surface area contributed by atoms with E-state index in [-0.39, 0.29) is 30.9 Å². The first kappa shape index (κ1) is 22.9. The molecule has 1 aromatic rings. The highest BCUT2D eigenvalue weighted by molar-refractivity contribution is 9.10. The van der Waals surface area contributed by atoms with Crippen LogP contribution in [0.25, 0.3) is 0 Å². The van der Waals surface area contributed by atoms with E-state index in [9.17, 15) is 24.3 Å². The minimum Gasteiger partial charge on any atom is -0.481 e. The van der Waals surface area contributed by atoms with Gasteiger partial charge in [-0.15, -0.1) is 0 Å². The van der Waals surface area contributed by atoms with E-state index in [2.05, 4.69) is 20.9 Å². The van der Waals surface area contributed by atoms with Crippen LogP contribution in [0.4, 0.5) is 0 Å². The number of ether oxygens (including phenoxy) is 1. The van der Waals surface area contributed by atoms with E-state index in [4.69, 9.17) is 9.84 Å². The van der Waals surface area contributed by atoms with Gasteiger partial charge in [-0.05, 0) is 40.8 Å². The van der Waals surface area contributed by atoms with Crippen LogP contribution in [0.1, 0.15) is 43.5 Å². The Morgan fingerprint density at radius 2 is 1.89 bits per heavy atom. The maximum atomic E-state index is 13.0. The van der Waals surface area contributed by atoms with Crippen molar-refractivity contribution in [2.45, 2.75) is 33.1 Å². The lowest BCUT2D eigenvalue weighted by atomic mass is 9.73. The second kappa shape index (κ2) is 10.3. The Bertz CT molecular complexity index is 719. The maximum absolute atomic E-state index is 13.0. The van der Waals surface area contributed by atoms with Crippen molar-refractivity contribution in [1.29, 1.82) is 0 Å². The molecule has 1 atom stereocenters. The smallest absolute Gasteiger partial charge is 0.325 e. The highest BCUT2D eigenvalue weighted by Gasteiger charge is 2.52. The number of hydrogen-bond acceptors (Lipinski definition) is 6. The molecule has 0 aliphatic heterocycles. The van der Waals surface area contributed by atoms with Crippen LogP contribution in [-0.4, -0.2) is 51.9 Å². The van der Waals surface area contributed by atoms with Gasteiger partial charge in [0.1, 0.15) is 6.61 Å². The number of rotatable bonds is 12. The number of halogens is 1. The number of carboxylic acids is 2. The third kappa shape index (κ3) is 6.21. The molecule has 0 aromatic carbocycles. The molecule has 0 aliphatic carbocycles. The molecule has 1 heterocycles. The largest absolute Gasteiger partial charge is 0.481 e. The molecular formula is C18H22BrNO7. The van der Waals surface area contributed by atoms with E-state index in [0.717, 1.165) is 0 Å². The number of nitrogens with zero attached hydrogens (tertiary/aromatic N) is 1. The zero-order chi connectivity index (χ0) is 20.6. The molecule has 0 aliphatic rings. The predicted molar refractivity (Wildman–Crippen MR) is 98.5 cm³/mol. The van der Waals surface area contributed by atoms with E-state index in [1.807, 2.05) is 13.8 Å². The molecule has 148 valence electrons. The topological polar surface area (TPSA) is 131 Å². The lowest BCUT2D eigenvalue weighted by Gasteiger charge is -2.26. The standard InChI is InChI=1S/C18H22BrNO7/c1-11(2)9-27-10-14(21)18(17(25)26,5-3-4-15(22)23)16(24)12-6-13(19)8-20-7-12/h6-8,11H,3-5,9-10H2,1-2H3,(H,22,23)(H,25,26). The summed E-state index contributed by atoms with van der Waals surface area (Å²) in [5, 5.41) is 18.6. The number of carbonyl (C=O) groups is 4. The summed E-state index contributed by atoms with van der Waals surface area (Å²) in [6, 6.07) is 1.37. The van der Waals surface area contributed by atoms with E-state index in [0.29, 0.717) is 4.47 Å². The Hall–Kier alpha value is -2.13. The zero-order valence-corrected chi connectivity index (χ0v) is 16.7. The van der Waals surface area contributed by atoms with Crippen molar-refractivity contribution < 1.29 is 34.1 Å². The van der Waals surface area contributed by atoms with Gasteiger partial charge in [0.15, 0.2) is 17.0 Å². The number of aliphatic carboxylic acids is 2. The third-order valence-electron chi connectivity index (χ3n) is 3.82. The normalized spacial score (nSPS) is 13.2. The van der Waals surface area contributed by atoms with Crippen LogP contribution in [-0.2, 0) is 19.1 Å². The number of ketones is 2. The van der Waals surface area contributed by atoms with Crippen LogP contribution in [0.2, 0.25) is 0 Å². The van der Waals surface area contributed by atoms with Crippen molar-refractivity contribution in [2.75, 3.05) is 13.2 Å². The van der Waals surface area contributed by atoms with Crippen LogP contribution < -0.4 is 0 Å². The summed E-state index contributed by atoms with van der Waals surface area (Å²) in [6.07, 6.45) is 1.63. The summed E-state index contributed by atoms with van der Waals surface area (Å²) in [4.78, 5) is 52.5. The number of carbonyl (C=O) groups excluding carboxylic acids is 2. The summed E-state index contributed by atoms with van der Waals surface area (Å²) in [5.74, 6) is -4.50. The molecule has 0 saturated carbocycles. The second-order valence-corrected chi connectivity index (χ2v) is 7.43. The Labute approximate surface area is 165 Å². The predicted octanol–water partition coefficient (Wildman–Crippen LogP) is 2.59. The highest BCUT2D eigenvalue weighted by Crippen LogP contribution is 2.32. The fourth-order valence-corrected chi connectivity index (χ4v) is 2.87. The van der Waals surface area contributed by atoms with Crippen molar-refractivity contribution in [1.82, 2.24) is 4.98 Å². The molecule has 2 N–H and O–H groups in total. The van der Waals surface area contributed by atoms with Crippen LogP contribution in [0.5, 0.6) is 0 Å². The molecular weight excluding hydrogens is 422 g/mol. The van der Waals surface area contributed by atoms with E-state index in [1.54, 1.807) is 0 Å². The van der Waals surface area contributed by atoms with Gasteiger partial charge in [-0.25, -0.2) is 0 Å². The molecule has 27 heavy (non-hydrogen) atoms. The molecule has 0 radical (unpaired) electrons. The monoisotopic (exact) mass is 443 g/mol. The van der Waals surface area contributed by atoms with Gasteiger partial charge in [-0.2, -0.15) is 0 Å². The molecule has 0 fully saturated rings. The highest BCUT2D eigenvalue weighted by atomic mass is 79.9. The first-order valence-corrected chi connectivity index (χ1v) is 9.12. The number of Topliss-reactive ketones (excluding diaryl/α,β-unsaturated/α-hetero) is 2. The minimum absolute atomic E-state index is 0.0562. The number of aromatic nitrogens is 1. The molecule has 9 heteroatoms. The molecule has 1 aromatic heterocycles. The van der Waals surface area contributed by atoms with Crippen molar-refractivity contribution >= 4 is 39.4 Å². The van der Waals surface area contributed by atoms with Crippen molar-refractivity contribution in [3.05, 3.63) is 28.5 Å². The molecule has 1 unspecified atom stereocenters. The van der Waals surface area contributed by atoms with Gasteiger partial charge < -0.3 is 14.9 Å². The van der Waals surface area contributed by atoms with E-state index < -0.39 is 41.9 Å². The number of carboxylic acid groups (broad SMARTS) is 2. The average Bonchev–Trinajstić information content (AvgIpc) is 2.57. The molecule has 0 amide bonds. The van der Waals surface area contributed by atoms with E-state index >= 15 is 0 Å². The molecule has 8 nitrogen and oxygen atoms in total. The zero-order valence-electron chi connectivity index (χ0n) is 15.1. The lowest BCUT2D eigenvalue weighted by Crippen LogP contribution is -2.48. The Morgan fingerprint density at radius 3 is 2.41 bits per heavy atom. The van der Waals surface area contributed by atoms with Gasteiger partial charge in [-0.1, -0.05) is 13.8 Å². The average molecular weight is 444 g/mol. The first-order valence-electron chi connectivity index (χ1n) is 8.32. The van der Waals surface area contributed by atoms with Gasteiger partial charge in [0, 0.05) is 35.5 Å². The van der Waals surface area contributed by atoms with Crippen molar-refractivity contribution in [3.8, 4) is 0 Å². The Morgan fingerprint density at radius 1 is 1.22 bits per heavy atom. The molecule has 0 spiro atoms. The molecule has 1 rings (SSSR count). The molecule has 0 saturated heterocycles. The van der Waals surface area contributed by atoms with Gasteiger partial charge in [0.05, 0.1) is 0 Å². The van der Waals surface area contributed by atoms with Gasteiger partial charge in [0.2, 0.25) is 0 Å². The summed E-state index contributed by atoms with van der Waals surface area (Å²) >= 11 is 3.15. The van der Waals surface area contributed by atoms with Crippen LogP contribution in [0, 0.1) is 11.3 Å². The summed E-state index contributed by atoms with van der Waals surface area (Å²) in [6.45, 7) is 3.40. The Balaban J connectivity index is 3.25. The second-order valence-electron chi connectivity index (χ2n) is 6.51. The van der Waals surface area contributed by atoms with Crippen LogP contribution in [0.15, 0.2) is 22.9 Å². The first-order chi connectivity index (χ1) is 12.6. The van der Waals surface area contributed by atoms with Crippen LogP contribution in [0.3, 0.4) is 0 Å². The number of pyridine rings is 1. The summed E-state index contributed by atoms with van der Waals surface area (Å²) in [5.41, 5.74) is -2.48. The van der Waals surface area contributed by atoms with Gasteiger partial charge >= 0.3 is 11.9 Å². The summed E-state index contributed by atoms with van der Waals surface area (Å²) < 4.78 is 5.69. The van der Waals surface area contributed by atoms with E-state index in [1.165, 1.54) is 18.5 Å². The van der Waals surface area contributed by atoms with Crippen LogP contribution >= 0.6 is 15.9 Å². The summed E-state index contributed by atoms with van der Waals surface area (Å²) in [7, 11) is 0. The third-order valence-corrected chi connectivity index (χ3v) is 4.26. The minimum atomic E-state index is -2.42. The van der Waals surface area contributed by atoms with Gasteiger partial charge in [0.25, 0.3) is 0 Å². The number of hydrogen-bond donors (Lipinski definition) is 2. The maximum Gasteiger partial charge on any atom is 0.325 e.